The van der Waals surface area contributed by atoms with Crippen molar-refractivity contribution in [2.24, 2.45) is 0 Å². The second kappa shape index (κ2) is 6.67. The molecule has 0 aliphatic rings. The lowest BCUT2D eigenvalue weighted by molar-refractivity contribution is 0.393. The third-order valence-corrected chi connectivity index (χ3v) is 3.26. The molecule has 0 amide bonds. The van der Waals surface area contributed by atoms with Crippen LogP contribution in [-0.2, 0) is 6.54 Å². The molecule has 0 aliphatic heterocycles. The third kappa shape index (κ3) is 3.67. The van der Waals surface area contributed by atoms with Gasteiger partial charge >= 0.3 is 0 Å². The van der Waals surface area contributed by atoms with Gasteiger partial charge in [0.2, 0.25) is 0 Å². The first-order valence-electron chi connectivity index (χ1n) is 6.63. The fraction of sp³-hybridized carbons (Fsp3) is 0.235. The average Bonchev–Trinajstić information content (AvgIpc) is 2.53. The molecule has 0 spiro atoms. The summed E-state index contributed by atoms with van der Waals surface area (Å²) in [5, 5.41) is 12.3. The van der Waals surface area contributed by atoms with Crippen LogP contribution in [0.4, 0.5) is 5.69 Å². The van der Waals surface area contributed by atoms with E-state index in [4.69, 9.17) is 14.7 Å². The van der Waals surface area contributed by atoms with Crippen LogP contribution in [0, 0.1) is 18.3 Å². The van der Waals surface area contributed by atoms with Gasteiger partial charge in [0.25, 0.3) is 0 Å². The van der Waals surface area contributed by atoms with Crippen LogP contribution in [0.25, 0.3) is 0 Å². The van der Waals surface area contributed by atoms with Crippen molar-refractivity contribution in [2.75, 3.05) is 19.5 Å². The maximum Gasteiger partial charge on any atom is 0.122 e. The zero-order valence-electron chi connectivity index (χ0n) is 12.4. The van der Waals surface area contributed by atoms with Crippen molar-refractivity contribution in [3.8, 4) is 17.6 Å². The molecule has 4 nitrogen and oxygen atoms in total. The highest BCUT2D eigenvalue weighted by Crippen LogP contribution is 2.24. The number of ether oxygens (including phenoxy) is 2. The molecule has 4 heteroatoms. The average molecular weight is 282 g/mol. The van der Waals surface area contributed by atoms with E-state index >= 15 is 0 Å². The summed E-state index contributed by atoms with van der Waals surface area (Å²) >= 11 is 0. The number of aryl methyl sites for hydroxylation is 1. The zero-order chi connectivity index (χ0) is 15.2. The first-order valence-corrected chi connectivity index (χ1v) is 6.63. The SMILES string of the molecule is COc1cc(CNc2cc(C#N)ccc2C)cc(OC)c1. The van der Waals surface area contributed by atoms with E-state index in [1.165, 1.54) is 0 Å². The highest BCUT2D eigenvalue weighted by molar-refractivity contribution is 5.55. The van der Waals surface area contributed by atoms with Crippen LogP contribution in [0.1, 0.15) is 16.7 Å². The van der Waals surface area contributed by atoms with E-state index in [0.717, 1.165) is 28.3 Å². The molecule has 0 aromatic heterocycles. The number of hydrogen-bond acceptors (Lipinski definition) is 4. The summed E-state index contributed by atoms with van der Waals surface area (Å²) in [5.41, 5.74) is 3.75. The number of methoxy groups -OCH3 is 2. The number of benzene rings is 2. The highest BCUT2D eigenvalue weighted by atomic mass is 16.5. The molecule has 1 N–H and O–H groups in total. The summed E-state index contributed by atoms with van der Waals surface area (Å²) in [6.07, 6.45) is 0. The Morgan fingerprint density at radius 2 is 1.71 bits per heavy atom. The first-order chi connectivity index (χ1) is 10.2. The number of nitriles is 1. The predicted molar refractivity (Wildman–Crippen MR) is 82.8 cm³/mol. The van der Waals surface area contributed by atoms with E-state index in [-0.39, 0.29) is 0 Å². The van der Waals surface area contributed by atoms with Crippen molar-refractivity contribution in [3.05, 3.63) is 53.1 Å². The van der Waals surface area contributed by atoms with Gasteiger partial charge in [-0.05, 0) is 42.3 Å². The second-order valence-corrected chi connectivity index (χ2v) is 4.72. The molecule has 2 aromatic carbocycles. The van der Waals surface area contributed by atoms with Gasteiger partial charge in [-0.1, -0.05) is 6.07 Å². The number of nitrogens with zero attached hydrogens (tertiary/aromatic N) is 1. The highest BCUT2D eigenvalue weighted by Gasteiger charge is 2.04. The monoisotopic (exact) mass is 282 g/mol. The molecule has 108 valence electrons. The Bertz CT molecular complexity index is 653. The molecule has 2 aromatic rings. The summed E-state index contributed by atoms with van der Waals surface area (Å²) in [5.74, 6) is 1.52. The van der Waals surface area contributed by atoms with Crippen LogP contribution in [0.3, 0.4) is 0 Å². The molecule has 0 fully saturated rings. The smallest absolute Gasteiger partial charge is 0.122 e. The van der Waals surface area contributed by atoms with Crippen molar-refractivity contribution in [1.29, 1.82) is 5.26 Å². The quantitative estimate of drug-likeness (QED) is 0.912. The number of rotatable bonds is 5. The van der Waals surface area contributed by atoms with E-state index in [9.17, 15) is 0 Å². The van der Waals surface area contributed by atoms with Gasteiger partial charge in [-0.15, -0.1) is 0 Å². The van der Waals surface area contributed by atoms with Gasteiger partial charge in [0.05, 0.1) is 25.9 Å². The Balaban J connectivity index is 2.18. The van der Waals surface area contributed by atoms with Gasteiger partial charge in [-0.2, -0.15) is 5.26 Å². The molecule has 0 unspecified atom stereocenters. The number of nitrogens with one attached hydrogen (secondary N) is 1. The van der Waals surface area contributed by atoms with Gasteiger partial charge in [0, 0.05) is 18.3 Å². The standard InChI is InChI=1S/C17H18N2O2/c1-12-4-5-13(10-18)8-17(12)19-11-14-6-15(20-2)9-16(7-14)21-3/h4-9,19H,11H2,1-3H3. The Morgan fingerprint density at radius 1 is 1.05 bits per heavy atom. The maximum atomic E-state index is 8.96. The minimum absolute atomic E-state index is 0.628. The summed E-state index contributed by atoms with van der Waals surface area (Å²) in [6, 6.07) is 13.5. The molecule has 0 aliphatic carbocycles. The minimum Gasteiger partial charge on any atom is -0.497 e. The lowest BCUT2D eigenvalue weighted by atomic mass is 10.1. The van der Waals surface area contributed by atoms with Crippen molar-refractivity contribution in [2.45, 2.75) is 13.5 Å². The Morgan fingerprint density at radius 3 is 2.29 bits per heavy atom. The number of hydrogen-bond donors (Lipinski definition) is 1. The Labute approximate surface area is 124 Å². The van der Waals surface area contributed by atoms with Gasteiger partial charge in [-0.3, -0.25) is 0 Å². The van der Waals surface area contributed by atoms with Crippen LogP contribution in [-0.4, -0.2) is 14.2 Å². The topological polar surface area (TPSA) is 54.3 Å². The summed E-state index contributed by atoms with van der Waals surface area (Å²) in [6.45, 7) is 2.64. The van der Waals surface area contributed by atoms with Crippen LogP contribution in [0.2, 0.25) is 0 Å². The van der Waals surface area contributed by atoms with E-state index in [1.807, 2.05) is 43.3 Å². The zero-order valence-corrected chi connectivity index (χ0v) is 12.4. The van der Waals surface area contributed by atoms with E-state index in [1.54, 1.807) is 14.2 Å². The molecular formula is C17H18N2O2. The summed E-state index contributed by atoms with van der Waals surface area (Å²) in [7, 11) is 3.26. The summed E-state index contributed by atoms with van der Waals surface area (Å²) < 4.78 is 10.5. The van der Waals surface area contributed by atoms with Crippen LogP contribution in [0.15, 0.2) is 36.4 Å². The molecular weight excluding hydrogens is 264 g/mol. The predicted octanol–water partition coefficient (Wildman–Crippen LogP) is 3.50. The molecule has 0 saturated heterocycles. The molecule has 2 rings (SSSR count). The molecule has 0 saturated carbocycles. The van der Waals surface area contributed by atoms with Crippen molar-refractivity contribution in [1.82, 2.24) is 0 Å². The van der Waals surface area contributed by atoms with Crippen molar-refractivity contribution >= 4 is 5.69 Å². The molecule has 0 atom stereocenters. The third-order valence-electron chi connectivity index (χ3n) is 3.26. The normalized spacial score (nSPS) is 9.81. The van der Waals surface area contributed by atoms with Crippen LogP contribution in [0.5, 0.6) is 11.5 Å². The van der Waals surface area contributed by atoms with E-state index < -0.39 is 0 Å². The largest absolute Gasteiger partial charge is 0.497 e. The van der Waals surface area contributed by atoms with Gasteiger partial charge in [-0.25, -0.2) is 0 Å². The first kappa shape index (κ1) is 14.7. The fourth-order valence-corrected chi connectivity index (χ4v) is 2.05. The van der Waals surface area contributed by atoms with E-state index in [2.05, 4.69) is 11.4 Å². The number of anilines is 1. The second-order valence-electron chi connectivity index (χ2n) is 4.72. The van der Waals surface area contributed by atoms with Gasteiger partial charge < -0.3 is 14.8 Å². The lowest BCUT2D eigenvalue weighted by Crippen LogP contribution is -2.02. The van der Waals surface area contributed by atoms with Crippen molar-refractivity contribution in [3.63, 3.8) is 0 Å². The minimum atomic E-state index is 0.628. The lowest BCUT2D eigenvalue weighted by Gasteiger charge is -2.12. The van der Waals surface area contributed by atoms with Gasteiger partial charge in [0.15, 0.2) is 0 Å². The molecule has 0 heterocycles. The van der Waals surface area contributed by atoms with Crippen LogP contribution >= 0.6 is 0 Å². The summed E-state index contributed by atoms with van der Waals surface area (Å²) in [4.78, 5) is 0. The molecule has 0 bridgehead atoms. The van der Waals surface area contributed by atoms with E-state index in [0.29, 0.717) is 12.1 Å². The fourth-order valence-electron chi connectivity index (χ4n) is 2.05. The maximum absolute atomic E-state index is 8.96. The Kier molecular flexibility index (Phi) is 4.68. The molecule has 21 heavy (non-hydrogen) atoms. The molecule has 0 radical (unpaired) electrons. The Hall–Kier alpha value is -2.67. The van der Waals surface area contributed by atoms with Gasteiger partial charge in [0.1, 0.15) is 11.5 Å². The van der Waals surface area contributed by atoms with Crippen LogP contribution < -0.4 is 14.8 Å². The van der Waals surface area contributed by atoms with Crippen molar-refractivity contribution < 1.29 is 9.47 Å².